The first kappa shape index (κ1) is 15.7. The summed E-state index contributed by atoms with van der Waals surface area (Å²) in [6.45, 7) is -0.0157. The second-order valence-corrected chi connectivity index (χ2v) is 5.59. The Kier molecular flexibility index (Phi) is 4.57. The number of rotatable bonds is 5. The van der Waals surface area contributed by atoms with Crippen molar-refractivity contribution in [2.24, 2.45) is 0 Å². The standard InChI is InChI=1S/C20H18N2O2/c1-22(14-20(23)24)17-10-7-15(8-11-17)6-9-16-12-13-21-19-5-3-2-4-18(16)19/h2-13H,14H2,1H3,(H,23,24)/b9-6-. The zero-order valence-electron chi connectivity index (χ0n) is 13.4. The summed E-state index contributed by atoms with van der Waals surface area (Å²) in [6, 6.07) is 17.9. The molecule has 0 aliphatic rings. The van der Waals surface area contributed by atoms with E-state index < -0.39 is 5.97 Å². The SMILES string of the molecule is CN(CC(=O)O)c1ccc(/C=C\c2ccnc3ccccc23)cc1. The minimum Gasteiger partial charge on any atom is -0.480 e. The molecule has 120 valence electrons. The molecule has 1 heterocycles. The molecule has 0 saturated carbocycles. The highest BCUT2D eigenvalue weighted by molar-refractivity contribution is 5.90. The number of likely N-dealkylation sites (N-methyl/N-ethyl adjacent to an activating group) is 1. The first-order chi connectivity index (χ1) is 11.6. The lowest BCUT2D eigenvalue weighted by molar-refractivity contribution is -0.135. The lowest BCUT2D eigenvalue weighted by Crippen LogP contribution is -2.24. The van der Waals surface area contributed by atoms with Gasteiger partial charge in [0.1, 0.15) is 6.54 Å². The third-order valence-corrected chi connectivity index (χ3v) is 3.84. The number of carboxylic acids is 1. The molecule has 4 nitrogen and oxygen atoms in total. The van der Waals surface area contributed by atoms with E-state index in [0.717, 1.165) is 27.7 Å². The molecule has 3 aromatic rings. The van der Waals surface area contributed by atoms with Crippen molar-refractivity contribution in [3.8, 4) is 0 Å². The van der Waals surface area contributed by atoms with Crippen LogP contribution in [0.2, 0.25) is 0 Å². The quantitative estimate of drug-likeness (QED) is 0.774. The summed E-state index contributed by atoms with van der Waals surface area (Å²) in [7, 11) is 1.77. The molecule has 0 bridgehead atoms. The van der Waals surface area contributed by atoms with Gasteiger partial charge in [0.25, 0.3) is 0 Å². The van der Waals surface area contributed by atoms with Gasteiger partial charge in [-0.1, -0.05) is 42.5 Å². The Labute approximate surface area is 140 Å². The van der Waals surface area contributed by atoms with Crippen molar-refractivity contribution in [2.75, 3.05) is 18.5 Å². The maximum atomic E-state index is 10.8. The lowest BCUT2D eigenvalue weighted by atomic mass is 10.1. The number of fused-ring (bicyclic) bond motifs is 1. The van der Waals surface area contributed by atoms with Crippen LogP contribution in [0.4, 0.5) is 5.69 Å². The van der Waals surface area contributed by atoms with Crippen LogP contribution in [0.5, 0.6) is 0 Å². The van der Waals surface area contributed by atoms with Crippen LogP contribution >= 0.6 is 0 Å². The molecule has 3 rings (SSSR count). The molecule has 0 radical (unpaired) electrons. The third-order valence-electron chi connectivity index (χ3n) is 3.84. The summed E-state index contributed by atoms with van der Waals surface area (Å²) in [5.41, 5.74) is 4.03. The maximum absolute atomic E-state index is 10.8. The fourth-order valence-electron chi connectivity index (χ4n) is 2.58. The summed E-state index contributed by atoms with van der Waals surface area (Å²) >= 11 is 0. The fourth-order valence-corrected chi connectivity index (χ4v) is 2.58. The second kappa shape index (κ2) is 6.96. The van der Waals surface area contributed by atoms with Gasteiger partial charge in [0.05, 0.1) is 5.52 Å². The Morgan fingerprint density at radius 1 is 1.08 bits per heavy atom. The normalized spacial score (nSPS) is 11.0. The molecule has 2 aromatic carbocycles. The van der Waals surface area contributed by atoms with E-state index in [0.29, 0.717) is 0 Å². The van der Waals surface area contributed by atoms with Gasteiger partial charge in [-0.2, -0.15) is 0 Å². The van der Waals surface area contributed by atoms with E-state index in [2.05, 4.69) is 17.1 Å². The predicted molar refractivity (Wildman–Crippen MR) is 98.0 cm³/mol. The number of hydrogen-bond donors (Lipinski definition) is 1. The number of para-hydroxylation sites is 1. The van der Waals surface area contributed by atoms with E-state index in [1.54, 1.807) is 11.9 Å². The Balaban J connectivity index is 1.80. The molecule has 0 atom stereocenters. The lowest BCUT2D eigenvalue weighted by Gasteiger charge is -2.16. The summed E-state index contributed by atoms with van der Waals surface area (Å²) in [4.78, 5) is 16.8. The Bertz CT molecular complexity index is 880. The maximum Gasteiger partial charge on any atom is 0.323 e. The van der Waals surface area contributed by atoms with E-state index in [1.165, 1.54) is 0 Å². The second-order valence-electron chi connectivity index (χ2n) is 5.59. The highest BCUT2D eigenvalue weighted by Crippen LogP contribution is 2.20. The van der Waals surface area contributed by atoms with Crippen molar-refractivity contribution in [3.63, 3.8) is 0 Å². The number of benzene rings is 2. The van der Waals surface area contributed by atoms with Crippen LogP contribution < -0.4 is 4.90 Å². The van der Waals surface area contributed by atoms with Crippen LogP contribution in [-0.4, -0.2) is 29.7 Å². The Morgan fingerprint density at radius 3 is 2.58 bits per heavy atom. The van der Waals surface area contributed by atoms with Crippen LogP contribution in [0.25, 0.3) is 23.1 Å². The molecule has 0 aliphatic carbocycles. The minimum atomic E-state index is -0.842. The summed E-state index contributed by atoms with van der Waals surface area (Å²) < 4.78 is 0. The van der Waals surface area contributed by atoms with Crippen molar-refractivity contribution in [1.29, 1.82) is 0 Å². The molecule has 4 heteroatoms. The molecule has 0 fully saturated rings. The molecule has 0 aliphatic heterocycles. The first-order valence-corrected chi connectivity index (χ1v) is 7.68. The van der Waals surface area contributed by atoms with Crippen molar-refractivity contribution < 1.29 is 9.90 Å². The van der Waals surface area contributed by atoms with Crippen LogP contribution in [-0.2, 0) is 4.79 Å². The van der Waals surface area contributed by atoms with E-state index in [9.17, 15) is 4.79 Å². The van der Waals surface area contributed by atoms with Crippen molar-refractivity contribution >= 4 is 34.7 Å². The number of aliphatic carboxylic acids is 1. The van der Waals surface area contributed by atoms with Gasteiger partial charge >= 0.3 is 5.97 Å². The Morgan fingerprint density at radius 2 is 1.83 bits per heavy atom. The monoisotopic (exact) mass is 318 g/mol. The summed E-state index contributed by atoms with van der Waals surface area (Å²) in [5, 5.41) is 9.96. The number of carboxylic acid groups (broad SMARTS) is 1. The third kappa shape index (κ3) is 3.60. The van der Waals surface area contributed by atoms with Crippen LogP contribution in [0.3, 0.4) is 0 Å². The van der Waals surface area contributed by atoms with Gasteiger partial charge in [0, 0.05) is 24.3 Å². The van der Waals surface area contributed by atoms with Crippen LogP contribution in [0, 0.1) is 0 Å². The van der Waals surface area contributed by atoms with Crippen molar-refractivity contribution in [2.45, 2.75) is 0 Å². The molecule has 1 N–H and O–H groups in total. The van der Waals surface area contributed by atoms with Gasteiger partial charge < -0.3 is 10.0 Å². The molecular formula is C20H18N2O2. The molecule has 0 spiro atoms. The van der Waals surface area contributed by atoms with E-state index >= 15 is 0 Å². The molecule has 24 heavy (non-hydrogen) atoms. The minimum absolute atomic E-state index is 0.0157. The highest BCUT2D eigenvalue weighted by atomic mass is 16.4. The van der Waals surface area contributed by atoms with E-state index in [4.69, 9.17) is 5.11 Å². The molecular weight excluding hydrogens is 300 g/mol. The van der Waals surface area contributed by atoms with E-state index in [1.807, 2.05) is 60.8 Å². The van der Waals surface area contributed by atoms with Crippen LogP contribution in [0.15, 0.2) is 60.8 Å². The summed E-state index contributed by atoms with van der Waals surface area (Å²) in [5.74, 6) is -0.842. The Hall–Kier alpha value is -3.14. The van der Waals surface area contributed by atoms with Gasteiger partial charge in [-0.05, 0) is 35.4 Å². The number of carbonyl (C=O) groups is 1. The van der Waals surface area contributed by atoms with E-state index in [-0.39, 0.29) is 6.54 Å². The number of anilines is 1. The molecule has 0 unspecified atom stereocenters. The van der Waals surface area contributed by atoms with Crippen molar-refractivity contribution in [1.82, 2.24) is 4.98 Å². The van der Waals surface area contributed by atoms with Gasteiger partial charge in [0.2, 0.25) is 0 Å². The predicted octanol–water partition coefficient (Wildman–Crippen LogP) is 3.93. The average Bonchev–Trinajstić information content (AvgIpc) is 2.59. The molecule has 0 saturated heterocycles. The van der Waals surface area contributed by atoms with Gasteiger partial charge in [-0.25, -0.2) is 0 Å². The topological polar surface area (TPSA) is 53.4 Å². The van der Waals surface area contributed by atoms with Crippen molar-refractivity contribution in [3.05, 3.63) is 71.9 Å². The fraction of sp³-hybridized carbons (Fsp3) is 0.100. The highest BCUT2D eigenvalue weighted by Gasteiger charge is 2.04. The number of hydrogen-bond acceptors (Lipinski definition) is 3. The molecule has 1 aromatic heterocycles. The molecule has 0 amide bonds. The number of aromatic nitrogens is 1. The van der Waals surface area contributed by atoms with Gasteiger partial charge in [0.15, 0.2) is 0 Å². The largest absolute Gasteiger partial charge is 0.480 e. The van der Waals surface area contributed by atoms with Crippen LogP contribution in [0.1, 0.15) is 11.1 Å². The zero-order valence-corrected chi connectivity index (χ0v) is 13.4. The first-order valence-electron chi connectivity index (χ1n) is 7.68. The number of pyridine rings is 1. The number of nitrogens with zero attached hydrogens (tertiary/aromatic N) is 2. The van der Waals surface area contributed by atoms with Gasteiger partial charge in [-0.15, -0.1) is 0 Å². The average molecular weight is 318 g/mol. The zero-order chi connectivity index (χ0) is 16.9. The van der Waals surface area contributed by atoms with Gasteiger partial charge in [-0.3, -0.25) is 9.78 Å². The summed E-state index contributed by atoms with van der Waals surface area (Å²) in [6.07, 6.45) is 5.93. The smallest absolute Gasteiger partial charge is 0.323 e.